The number of carbonyl (C=O) groups excluding carboxylic acids is 1. The van der Waals surface area contributed by atoms with Gasteiger partial charge in [-0.15, -0.1) is 0 Å². The molecule has 1 fully saturated rings. The van der Waals surface area contributed by atoms with Crippen LogP contribution in [0.3, 0.4) is 0 Å². The molecule has 0 radical (unpaired) electrons. The fraction of sp³-hybridized carbons (Fsp3) is 0.276. The van der Waals surface area contributed by atoms with E-state index >= 15 is 0 Å². The number of alkyl halides is 6. The van der Waals surface area contributed by atoms with Crippen LogP contribution in [0.25, 0.3) is 0 Å². The van der Waals surface area contributed by atoms with Crippen molar-refractivity contribution >= 4 is 17.3 Å². The second kappa shape index (κ2) is 10.8. The summed E-state index contributed by atoms with van der Waals surface area (Å²) in [5, 5.41) is 24.7. The number of nitro groups is 1. The summed E-state index contributed by atoms with van der Waals surface area (Å²) in [5.41, 5.74) is -8.01. The van der Waals surface area contributed by atoms with Gasteiger partial charge in [0.1, 0.15) is 11.4 Å². The molecule has 0 saturated heterocycles. The molecule has 13 heteroatoms. The Labute approximate surface area is 234 Å². The van der Waals surface area contributed by atoms with Crippen molar-refractivity contribution in [1.82, 2.24) is 0 Å². The van der Waals surface area contributed by atoms with Gasteiger partial charge in [0.05, 0.1) is 10.5 Å². The molecule has 6 nitrogen and oxygen atoms in total. The maximum Gasteiger partial charge on any atom is 0.423 e. The highest BCUT2D eigenvalue weighted by atomic mass is 19.4. The first-order valence-electron chi connectivity index (χ1n) is 12.3. The molecule has 1 aliphatic rings. The first-order valence-corrected chi connectivity index (χ1v) is 12.3. The third-order valence-electron chi connectivity index (χ3n) is 6.91. The third kappa shape index (κ3) is 6.54. The van der Waals surface area contributed by atoms with E-state index in [1.807, 2.05) is 0 Å². The number of hydrogen-bond acceptors (Lipinski definition) is 4. The molecular formula is C29H21F7N2O4. The molecule has 1 unspecified atom stereocenters. The van der Waals surface area contributed by atoms with Gasteiger partial charge < -0.3 is 10.4 Å². The van der Waals surface area contributed by atoms with E-state index in [4.69, 9.17) is 0 Å². The predicted molar refractivity (Wildman–Crippen MR) is 137 cm³/mol. The van der Waals surface area contributed by atoms with E-state index in [0.29, 0.717) is 35.9 Å². The van der Waals surface area contributed by atoms with E-state index in [9.17, 15) is 50.7 Å². The molecule has 3 aromatic rings. The lowest BCUT2D eigenvalue weighted by molar-refractivity contribution is -0.388. The highest BCUT2D eigenvalue weighted by molar-refractivity contribution is 6.00. The van der Waals surface area contributed by atoms with Crippen LogP contribution in [0, 0.1) is 34.7 Å². The van der Waals surface area contributed by atoms with Crippen molar-refractivity contribution < 1.29 is 45.6 Å². The Morgan fingerprint density at radius 2 is 1.64 bits per heavy atom. The Bertz CT molecular complexity index is 1600. The smallest absolute Gasteiger partial charge is 0.369 e. The fourth-order valence-corrected chi connectivity index (χ4v) is 4.52. The largest absolute Gasteiger partial charge is 0.423 e. The van der Waals surface area contributed by atoms with Crippen LogP contribution in [0.1, 0.15) is 47.1 Å². The van der Waals surface area contributed by atoms with E-state index in [1.54, 1.807) is 31.2 Å². The van der Waals surface area contributed by atoms with Gasteiger partial charge in [-0.1, -0.05) is 29.5 Å². The third-order valence-corrected chi connectivity index (χ3v) is 6.91. The normalized spacial score (nSPS) is 15.6. The van der Waals surface area contributed by atoms with E-state index in [1.165, 1.54) is 0 Å². The zero-order valence-corrected chi connectivity index (χ0v) is 21.7. The maximum atomic E-state index is 14.8. The van der Waals surface area contributed by atoms with Gasteiger partial charge >= 0.3 is 12.4 Å². The second-order valence-corrected chi connectivity index (χ2v) is 10.1. The van der Waals surface area contributed by atoms with Gasteiger partial charge in [-0.3, -0.25) is 14.9 Å². The number of aliphatic hydroxyl groups is 1. The monoisotopic (exact) mass is 594 g/mol. The van der Waals surface area contributed by atoms with Crippen molar-refractivity contribution in [1.29, 1.82) is 0 Å². The topological polar surface area (TPSA) is 92.5 Å². The molecule has 0 heterocycles. The minimum Gasteiger partial charge on any atom is -0.369 e. The van der Waals surface area contributed by atoms with E-state index in [2.05, 4.69) is 17.2 Å². The highest BCUT2D eigenvalue weighted by Crippen LogP contribution is 2.55. The predicted octanol–water partition coefficient (Wildman–Crippen LogP) is 6.92. The number of rotatable bonds is 6. The molecule has 42 heavy (non-hydrogen) atoms. The van der Waals surface area contributed by atoms with Crippen LogP contribution < -0.4 is 5.32 Å². The van der Waals surface area contributed by atoms with Crippen LogP contribution in [0.15, 0.2) is 60.7 Å². The number of amides is 1. The zero-order chi connectivity index (χ0) is 31.1. The molecule has 1 saturated carbocycles. The van der Waals surface area contributed by atoms with Gasteiger partial charge in [0.2, 0.25) is 5.60 Å². The summed E-state index contributed by atoms with van der Waals surface area (Å²) in [6.45, 7) is 1.79. The number of nitrogens with zero attached hydrogens (tertiary/aromatic N) is 1. The van der Waals surface area contributed by atoms with Gasteiger partial charge in [0.15, 0.2) is 0 Å². The molecule has 1 atom stereocenters. The molecule has 0 aliphatic heterocycles. The molecule has 1 aliphatic carbocycles. The van der Waals surface area contributed by atoms with E-state index in [0.717, 1.165) is 11.6 Å². The van der Waals surface area contributed by atoms with Crippen molar-refractivity contribution in [2.24, 2.45) is 0 Å². The second-order valence-electron chi connectivity index (χ2n) is 10.1. The summed E-state index contributed by atoms with van der Waals surface area (Å²) in [6, 6.07) is 9.91. The number of benzene rings is 3. The van der Waals surface area contributed by atoms with Crippen LogP contribution in [0.5, 0.6) is 0 Å². The first kappa shape index (κ1) is 30.5. The van der Waals surface area contributed by atoms with Crippen molar-refractivity contribution in [3.05, 3.63) is 104 Å². The molecule has 4 rings (SSSR count). The minimum atomic E-state index is -5.16. The van der Waals surface area contributed by atoms with Crippen LogP contribution in [-0.2, 0) is 22.6 Å². The summed E-state index contributed by atoms with van der Waals surface area (Å²) in [4.78, 5) is 23.2. The Balaban J connectivity index is 1.75. The highest BCUT2D eigenvalue weighted by Gasteiger charge is 2.54. The standard InChI is InChI=1S/C29H21F7N2O4/c1-17-2-4-18(5-3-17)10-11-27(40,16-26(12-13-26)21-14-19(28(31,32)33)6-8-23(21)30)25(39)37-20-7-9-24(38(41)42)22(15-20)29(34,35)36/h2-9,14-15,40H,12-13,16H2,1H3,(H,37,39). The molecule has 0 aromatic heterocycles. The summed E-state index contributed by atoms with van der Waals surface area (Å²) < 4.78 is 95.3. The van der Waals surface area contributed by atoms with Crippen molar-refractivity contribution in [2.45, 2.75) is 49.6 Å². The number of nitro benzene ring substituents is 1. The van der Waals surface area contributed by atoms with Gasteiger partial charge in [0, 0.05) is 29.2 Å². The zero-order valence-electron chi connectivity index (χ0n) is 21.7. The van der Waals surface area contributed by atoms with Crippen LogP contribution >= 0.6 is 0 Å². The van der Waals surface area contributed by atoms with Crippen molar-refractivity contribution in [3.8, 4) is 11.8 Å². The Kier molecular flexibility index (Phi) is 7.82. The number of hydrogen-bond donors (Lipinski definition) is 2. The van der Waals surface area contributed by atoms with Gasteiger partial charge in [-0.2, -0.15) is 26.3 Å². The molecule has 0 bridgehead atoms. The van der Waals surface area contributed by atoms with Gasteiger partial charge in [-0.05, 0) is 67.8 Å². The SMILES string of the molecule is Cc1ccc(C#CC(O)(CC2(c3cc(C(F)(F)F)ccc3F)CC2)C(=O)Nc2ccc([N+](=O)[O-])c(C(F)(F)F)c2)cc1. The first-order chi connectivity index (χ1) is 19.4. The fourth-order valence-electron chi connectivity index (χ4n) is 4.52. The molecule has 1 amide bonds. The van der Waals surface area contributed by atoms with Crippen molar-refractivity contribution in [2.75, 3.05) is 5.32 Å². The molecule has 0 spiro atoms. The van der Waals surface area contributed by atoms with E-state index in [-0.39, 0.29) is 12.8 Å². The minimum absolute atomic E-state index is 0.0861. The lowest BCUT2D eigenvalue weighted by atomic mass is 9.81. The molecular weight excluding hydrogens is 573 g/mol. The quantitative estimate of drug-likeness (QED) is 0.140. The number of aryl methyl sites for hydroxylation is 1. The molecule has 220 valence electrons. The Morgan fingerprint density at radius 1 is 1.00 bits per heavy atom. The summed E-state index contributed by atoms with van der Waals surface area (Å²) in [7, 11) is 0. The molecule has 3 aromatic carbocycles. The maximum absolute atomic E-state index is 14.8. The van der Waals surface area contributed by atoms with E-state index < -0.39 is 74.5 Å². The lowest BCUT2D eigenvalue weighted by Crippen LogP contribution is -2.44. The Hall–Kier alpha value is -4.44. The van der Waals surface area contributed by atoms with Crippen LogP contribution in [0.2, 0.25) is 0 Å². The Morgan fingerprint density at radius 3 is 2.19 bits per heavy atom. The van der Waals surface area contributed by atoms with Gasteiger partial charge in [0.25, 0.3) is 11.6 Å². The van der Waals surface area contributed by atoms with Gasteiger partial charge in [-0.25, -0.2) is 4.39 Å². The lowest BCUT2D eigenvalue weighted by Gasteiger charge is -2.28. The number of anilines is 1. The van der Waals surface area contributed by atoms with Crippen LogP contribution in [0.4, 0.5) is 42.1 Å². The number of carbonyl (C=O) groups is 1. The summed E-state index contributed by atoms with van der Waals surface area (Å²) >= 11 is 0. The van der Waals surface area contributed by atoms with Crippen LogP contribution in [-0.4, -0.2) is 21.5 Å². The average Bonchev–Trinajstić information content (AvgIpc) is 3.67. The van der Waals surface area contributed by atoms with Crippen molar-refractivity contribution in [3.63, 3.8) is 0 Å². The summed E-state index contributed by atoms with van der Waals surface area (Å²) in [6.07, 6.45) is -10.5. The summed E-state index contributed by atoms with van der Waals surface area (Å²) in [5.74, 6) is 2.60. The average molecular weight is 594 g/mol. The number of nitrogens with one attached hydrogen (secondary N) is 1. The number of halogens is 7. The molecule has 2 N–H and O–H groups in total.